The third-order valence-corrected chi connectivity index (χ3v) is 3.86. The number of halogens is 1. The van der Waals surface area contributed by atoms with Gasteiger partial charge in [-0.25, -0.2) is 4.39 Å². The lowest BCUT2D eigenvalue weighted by Gasteiger charge is -2.10. The Hall–Kier alpha value is -2.24. The third-order valence-electron chi connectivity index (χ3n) is 3.86. The smallest absolute Gasteiger partial charge is 0.250 e. The Morgan fingerprint density at radius 1 is 1.27 bits per heavy atom. The van der Waals surface area contributed by atoms with Crippen LogP contribution in [-0.2, 0) is 11.2 Å². The Morgan fingerprint density at radius 3 is 2.82 bits per heavy atom. The molecular formula is C16H18FN3O2. The van der Waals surface area contributed by atoms with Gasteiger partial charge in [-0.15, -0.1) is 10.2 Å². The van der Waals surface area contributed by atoms with Crippen LogP contribution in [0.15, 0.2) is 28.7 Å². The van der Waals surface area contributed by atoms with E-state index in [4.69, 9.17) is 4.42 Å². The van der Waals surface area contributed by atoms with Gasteiger partial charge in [0.2, 0.25) is 11.8 Å². The van der Waals surface area contributed by atoms with Gasteiger partial charge in [-0.05, 0) is 25.0 Å². The summed E-state index contributed by atoms with van der Waals surface area (Å²) in [4.78, 5) is 11.8. The van der Waals surface area contributed by atoms with Crippen LogP contribution in [-0.4, -0.2) is 22.1 Å². The summed E-state index contributed by atoms with van der Waals surface area (Å²) >= 11 is 0. The van der Waals surface area contributed by atoms with Crippen molar-refractivity contribution < 1.29 is 13.6 Å². The van der Waals surface area contributed by atoms with E-state index in [2.05, 4.69) is 15.5 Å². The number of aryl methyl sites for hydroxylation is 1. The fraction of sp³-hybridized carbons (Fsp3) is 0.438. The van der Waals surface area contributed by atoms with Crippen LogP contribution in [0.3, 0.4) is 0 Å². The Labute approximate surface area is 127 Å². The predicted octanol–water partition coefficient (Wildman–Crippen LogP) is 2.87. The van der Waals surface area contributed by atoms with Crippen molar-refractivity contribution in [3.8, 4) is 11.5 Å². The van der Waals surface area contributed by atoms with Crippen molar-refractivity contribution in [2.45, 2.75) is 44.6 Å². The van der Waals surface area contributed by atoms with Crippen molar-refractivity contribution in [2.24, 2.45) is 0 Å². The van der Waals surface area contributed by atoms with Crippen molar-refractivity contribution in [3.05, 3.63) is 36.0 Å². The zero-order valence-electron chi connectivity index (χ0n) is 12.2. The highest BCUT2D eigenvalue weighted by molar-refractivity contribution is 5.76. The van der Waals surface area contributed by atoms with Crippen LogP contribution in [0, 0.1) is 5.82 Å². The molecule has 1 aromatic carbocycles. The molecule has 0 aliphatic heterocycles. The molecule has 2 aromatic rings. The van der Waals surface area contributed by atoms with E-state index in [1.807, 2.05) is 0 Å². The SMILES string of the molecule is O=C(CCc1nnc(-c2ccccc2F)o1)NC1CCCC1. The number of nitrogens with one attached hydrogen (secondary N) is 1. The van der Waals surface area contributed by atoms with E-state index < -0.39 is 5.82 Å². The molecule has 1 aliphatic carbocycles. The molecule has 3 rings (SSSR count). The summed E-state index contributed by atoms with van der Waals surface area (Å²) in [6.45, 7) is 0. The van der Waals surface area contributed by atoms with Gasteiger partial charge in [-0.2, -0.15) is 0 Å². The number of carbonyl (C=O) groups is 1. The molecule has 0 radical (unpaired) electrons. The maximum absolute atomic E-state index is 13.6. The molecule has 1 aromatic heterocycles. The predicted molar refractivity (Wildman–Crippen MR) is 78.4 cm³/mol. The lowest BCUT2D eigenvalue weighted by Crippen LogP contribution is -2.32. The summed E-state index contributed by atoms with van der Waals surface area (Å²) < 4.78 is 19.1. The van der Waals surface area contributed by atoms with E-state index in [9.17, 15) is 9.18 Å². The number of benzene rings is 1. The van der Waals surface area contributed by atoms with Crippen LogP contribution in [0.25, 0.3) is 11.5 Å². The molecule has 6 heteroatoms. The van der Waals surface area contributed by atoms with Gasteiger partial charge in [-0.3, -0.25) is 4.79 Å². The summed E-state index contributed by atoms with van der Waals surface area (Å²) in [7, 11) is 0. The van der Waals surface area contributed by atoms with Gasteiger partial charge in [-0.1, -0.05) is 25.0 Å². The lowest BCUT2D eigenvalue weighted by molar-refractivity contribution is -0.121. The van der Waals surface area contributed by atoms with Gasteiger partial charge in [0.25, 0.3) is 5.89 Å². The molecule has 0 bridgehead atoms. The zero-order chi connectivity index (χ0) is 15.4. The number of rotatable bonds is 5. The van der Waals surface area contributed by atoms with E-state index in [1.165, 1.54) is 18.9 Å². The highest BCUT2D eigenvalue weighted by Gasteiger charge is 2.18. The van der Waals surface area contributed by atoms with Crippen molar-refractivity contribution >= 4 is 5.91 Å². The minimum atomic E-state index is -0.406. The molecule has 1 amide bonds. The van der Waals surface area contributed by atoms with Gasteiger partial charge in [0.1, 0.15) is 5.82 Å². The first-order valence-electron chi connectivity index (χ1n) is 7.59. The molecule has 1 fully saturated rings. The first-order valence-corrected chi connectivity index (χ1v) is 7.59. The van der Waals surface area contributed by atoms with Gasteiger partial charge < -0.3 is 9.73 Å². The van der Waals surface area contributed by atoms with Crippen molar-refractivity contribution in [3.63, 3.8) is 0 Å². The third kappa shape index (κ3) is 3.50. The normalized spacial score (nSPS) is 15.1. The van der Waals surface area contributed by atoms with Crippen LogP contribution < -0.4 is 5.32 Å². The molecule has 0 unspecified atom stereocenters. The van der Waals surface area contributed by atoms with Crippen molar-refractivity contribution in [1.29, 1.82) is 0 Å². The van der Waals surface area contributed by atoms with Crippen LogP contribution in [0.2, 0.25) is 0 Å². The average Bonchev–Trinajstić information content (AvgIpc) is 3.17. The van der Waals surface area contributed by atoms with E-state index >= 15 is 0 Å². The molecule has 1 heterocycles. The number of hydrogen-bond donors (Lipinski definition) is 1. The molecular weight excluding hydrogens is 285 g/mol. The quantitative estimate of drug-likeness (QED) is 0.922. The largest absolute Gasteiger partial charge is 0.421 e. The van der Waals surface area contributed by atoms with Crippen molar-refractivity contribution in [1.82, 2.24) is 15.5 Å². The minimum Gasteiger partial charge on any atom is -0.421 e. The number of aromatic nitrogens is 2. The molecule has 22 heavy (non-hydrogen) atoms. The summed E-state index contributed by atoms with van der Waals surface area (Å²) in [6.07, 6.45) is 5.14. The number of nitrogens with zero attached hydrogens (tertiary/aromatic N) is 2. The second kappa shape index (κ2) is 6.68. The maximum atomic E-state index is 13.6. The number of carbonyl (C=O) groups excluding carboxylic acids is 1. The molecule has 5 nitrogen and oxygen atoms in total. The van der Waals surface area contributed by atoms with Crippen LogP contribution in [0.1, 0.15) is 38.0 Å². The summed E-state index contributed by atoms with van der Waals surface area (Å²) in [5.41, 5.74) is 0.275. The second-order valence-electron chi connectivity index (χ2n) is 5.53. The first-order chi connectivity index (χ1) is 10.7. The summed E-state index contributed by atoms with van der Waals surface area (Å²) in [5.74, 6) is 0.0818. The van der Waals surface area contributed by atoms with Crippen LogP contribution in [0.4, 0.5) is 4.39 Å². The van der Waals surface area contributed by atoms with Crippen molar-refractivity contribution in [2.75, 3.05) is 0 Å². The fourth-order valence-corrected chi connectivity index (χ4v) is 2.69. The molecule has 0 saturated heterocycles. The van der Waals surface area contributed by atoms with Gasteiger partial charge in [0.15, 0.2) is 0 Å². The Balaban J connectivity index is 1.55. The second-order valence-corrected chi connectivity index (χ2v) is 5.53. The zero-order valence-corrected chi connectivity index (χ0v) is 12.2. The standard InChI is InChI=1S/C16H18FN3O2/c17-13-8-4-3-7-12(13)16-20-19-15(22-16)10-9-14(21)18-11-5-1-2-6-11/h3-4,7-8,11H,1-2,5-6,9-10H2,(H,18,21). The van der Waals surface area contributed by atoms with Gasteiger partial charge in [0, 0.05) is 18.9 Å². The van der Waals surface area contributed by atoms with E-state index in [1.54, 1.807) is 18.2 Å². The number of amides is 1. The topological polar surface area (TPSA) is 68.0 Å². The molecule has 1 N–H and O–H groups in total. The maximum Gasteiger partial charge on any atom is 0.250 e. The summed E-state index contributed by atoms with van der Waals surface area (Å²) in [5, 5.41) is 10.7. The molecule has 1 saturated carbocycles. The molecule has 1 aliphatic rings. The Bertz CT molecular complexity index is 650. The molecule has 116 valence electrons. The highest BCUT2D eigenvalue weighted by atomic mass is 19.1. The molecule has 0 atom stereocenters. The van der Waals surface area contributed by atoms with Crippen LogP contribution >= 0.6 is 0 Å². The molecule has 0 spiro atoms. The van der Waals surface area contributed by atoms with E-state index in [0.717, 1.165) is 12.8 Å². The summed E-state index contributed by atoms with van der Waals surface area (Å²) in [6, 6.07) is 6.54. The minimum absolute atomic E-state index is 0.00228. The Kier molecular flexibility index (Phi) is 4.46. The van der Waals surface area contributed by atoms with Gasteiger partial charge >= 0.3 is 0 Å². The lowest BCUT2D eigenvalue weighted by atomic mass is 10.2. The first kappa shape index (κ1) is 14.7. The van der Waals surface area contributed by atoms with E-state index in [-0.39, 0.29) is 17.4 Å². The monoisotopic (exact) mass is 303 g/mol. The van der Waals surface area contributed by atoms with Crippen LogP contribution in [0.5, 0.6) is 0 Å². The highest BCUT2D eigenvalue weighted by Crippen LogP contribution is 2.21. The average molecular weight is 303 g/mol. The van der Waals surface area contributed by atoms with Gasteiger partial charge in [0.05, 0.1) is 5.56 Å². The van der Waals surface area contributed by atoms with E-state index in [0.29, 0.717) is 24.8 Å². The fourth-order valence-electron chi connectivity index (χ4n) is 2.69. The Morgan fingerprint density at radius 2 is 2.05 bits per heavy atom. The number of hydrogen-bond acceptors (Lipinski definition) is 4.